The number of hydrogen-bond acceptors (Lipinski definition) is 6. The number of pyridine rings is 1. The summed E-state index contributed by atoms with van der Waals surface area (Å²) in [6.45, 7) is 10.8. The molecule has 1 amide bonds. The molecule has 0 saturated carbocycles. The Morgan fingerprint density at radius 1 is 1.09 bits per heavy atom. The smallest absolute Gasteiger partial charge is 0.269 e. The Hall–Kier alpha value is -3.23. The predicted octanol–water partition coefficient (Wildman–Crippen LogP) is 4.31. The van der Waals surface area contributed by atoms with Gasteiger partial charge in [-0.1, -0.05) is 42.0 Å². The largest absolute Gasteiger partial charge is 0.480 e. The zero-order valence-corrected chi connectivity index (χ0v) is 21.7. The number of fused-ring (bicyclic) bond motifs is 1. The van der Waals surface area contributed by atoms with Gasteiger partial charge in [0, 0.05) is 18.3 Å². The van der Waals surface area contributed by atoms with Gasteiger partial charge < -0.3 is 4.74 Å². The minimum atomic E-state index is -4.21. The van der Waals surface area contributed by atoms with Crippen LogP contribution >= 0.6 is 0 Å². The summed E-state index contributed by atoms with van der Waals surface area (Å²) in [5, 5.41) is 0. The summed E-state index contributed by atoms with van der Waals surface area (Å²) in [4.78, 5) is 19.6. The third-order valence-corrected chi connectivity index (χ3v) is 8.18. The van der Waals surface area contributed by atoms with Gasteiger partial charge in [0.2, 0.25) is 5.88 Å². The van der Waals surface area contributed by atoms with Crippen molar-refractivity contribution in [1.29, 1.82) is 0 Å². The van der Waals surface area contributed by atoms with Crippen molar-refractivity contribution < 1.29 is 17.9 Å². The molecule has 1 unspecified atom stereocenters. The van der Waals surface area contributed by atoms with Crippen LogP contribution in [0.1, 0.15) is 53.3 Å². The van der Waals surface area contributed by atoms with E-state index in [4.69, 9.17) is 4.74 Å². The Morgan fingerprint density at radius 2 is 1.74 bits per heavy atom. The molecule has 1 aromatic heterocycles. The van der Waals surface area contributed by atoms with Crippen LogP contribution in [0.5, 0.6) is 5.88 Å². The average molecular weight is 494 g/mol. The average Bonchev–Trinajstić information content (AvgIpc) is 3.02. The predicted molar refractivity (Wildman–Crippen MR) is 135 cm³/mol. The van der Waals surface area contributed by atoms with Gasteiger partial charge in [-0.2, -0.15) is 0 Å². The van der Waals surface area contributed by atoms with Crippen molar-refractivity contribution in [2.75, 3.05) is 7.11 Å². The first-order valence-electron chi connectivity index (χ1n) is 11.5. The fourth-order valence-corrected chi connectivity index (χ4v) is 6.23. The lowest BCUT2D eigenvalue weighted by Crippen LogP contribution is -2.45. The molecule has 1 aliphatic rings. The number of nitrogens with zero attached hydrogens (tertiary/aromatic N) is 2. The first kappa shape index (κ1) is 24.9. The van der Waals surface area contributed by atoms with Gasteiger partial charge in [0.1, 0.15) is 10.9 Å². The normalized spacial score (nSPS) is 17.1. The number of aromatic nitrogens is 1. The van der Waals surface area contributed by atoms with Gasteiger partial charge in [0.05, 0.1) is 7.11 Å². The SMILES string of the molecule is COc1ncccc1S(=O)(=O)NC(=O)C1c2ccccc2C(C)(C)N1Cc1c(C)cc(C)cc1C. The second kappa shape index (κ2) is 9.09. The van der Waals surface area contributed by atoms with Gasteiger partial charge in [0.25, 0.3) is 15.9 Å². The van der Waals surface area contributed by atoms with Crippen LogP contribution in [0.2, 0.25) is 0 Å². The van der Waals surface area contributed by atoms with Gasteiger partial charge in [-0.3, -0.25) is 9.69 Å². The minimum Gasteiger partial charge on any atom is -0.480 e. The molecular weight excluding hydrogens is 462 g/mol. The molecule has 184 valence electrons. The van der Waals surface area contributed by atoms with Crippen LogP contribution in [0, 0.1) is 20.8 Å². The molecule has 0 aliphatic carbocycles. The van der Waals surface area contributed by atoms with E-state index in [1.165, 1.54) is 31.0 Å². The maximum Gasteiger partial charge on any atom is 0.269 e. The van der Waals surface area contributed by atoms with Crippen molar-refractivity contribution >= 4 is 15.9 Å². The standard InChI is InChI=1S/C27H31N3O4S/c1-17-14-18(2)21(19(3)15-17)16-30-24(20-10-7-8-11-22(20)27(30,4)5)25(31)29-35(32,33)23-12-9-13-28-26(23)34-6/h7-15,24H,16H2,1-6H3,(H,29,31). The second-order valence-corrected chi connectivity index (χ2v) is 11.2. The van der Waals surface area contributed by atoms with Crippen molar-refractivity contribution in [3.8, 4) is 5.88 Å². The number of carbonyl (C=O) groups excluding carboxylic acids is 1. The highest BCUT2D eigenvalue weighted by Gasteiger charge is 2.48. The first-order valence-corrected chi connectivity index (χ1v) is 12.9. The highest BCUT2D eigenvalue weighted by Crippen LogP contribution is 2.47. The number of rotatable bonds is 6. The van der Waals surface area contributed by atoms with Gasteiger partial charge in [-0.25, -0.2) is 18.1 Å². The summed E-state index contributed by atoms with van der Waals surface area (Å²) in [5.74, 6) is -0.681. The second-order valence-electron chi connectivity index (χ2n) is 9.53. The molecule has 1 atom stereocenters. The van der Waals surface area contributed by atoms with Gasteiger partial charge in [-0.05, 0) is 74.6 Å². The van der Waals surface area contributed by atoms with Crippen LogP contribution < -0.4 is 9.46 Å². The molecule has 0 fully saturated rings. The molecule has 0 radical (unpaired) electrons. The summed E-state index contributed by atoms with van der Waals surface area (Å²) in [6.07, 6.45) is 1.43. The van der Waals surface area contributed by atoms with E-state index in [9.17, 15) is 13.2 Å². The van der Waals surface area contributed by atoms with E-state index < -0.39 is 27.5 Å². The van der Waals surface area contributed by atoms with Crippen molar-refractivity contribution in [3.63, 3.8) is 0 Å². The minimum absolute atomic E-state index is 0.0669. The molecule has 0 saturated heterocycles. The fourth-order valence-electron chi connectivity index (χ4n) is 5.12. The third-order valence-electron chi connectivity index (χ3n) is 6.82. The lowest BCUT2D eigenvalue weighted by Gasteiger charge is -2.36. The van der Waals surface area contributed by atoms with Crippen molar-refractivity contribution in [2.45, 2.75) is 57.6 Å². The molecule has 2 aromatic carbocycles. The van der Waals surface area contributed by atoms with E-state index in [0.717, 1.165) is 27.8 Å². The van der Waals surface area contributed by atoms with Crippen molar-refractivity contribution in [1.82, 2.24) is 14.6 Å². The highest BCUT2D eigenvalue weighted by atomic mass is 32.2. The highest BCUT2D eigenvalue weighted by molar-refractivity contribution is 7.90. The number of nitrogens with one attached hydrogen (secondary N) is 1. The fraction of sp³-hybridized carbons (Fsp3) is 0.333. The molecule has 35 heavy (non-hydrogen) atoms. The lowest BCUT2D eigenvalue weighted by molar-refractivity contribution is -0.126. The maximum absolute atomic E-state index is 13.7. The maximum atomic E-state index is 13.7. The Kier molecular flexibility index (Phi) is 6.46. The number of aryl methyl sites for hydroxylation is 3. The summed E-state index contributed by atoms with van der Waals surface area (Å²) in [6, 6.07) is 14.0. The van der Waals surface area contributed by atoms with Crippen LogP contribution in [0.4, 0.5) is 0 Å². The number of methoxy groups -OCH3 is 1. The molecule has 0 spiro atoms. The number of carbonyl (C=O) groups is 1. The molecular formula is C27H31N3O4S. The zero-order valence-electron chi connectivity index (χ0n) is 20.9. The van der Waals surface area contributed by atoms with Crippen LogP contribution in [0.25, 0.3) is 0 Å². The number of sulfonamides is 1. The molecule has 1 N–H and O–H groups in total. The monoisotopic (exact) mass is 493 g/mol. The van der Waals surface area contributed by atoms with E-state index in [2.05, 4.69) is 61.4 Å². The zero-order chi connectivity index (χ0) is 25.5. The van der Waals surface area contributed by atoms with Crippen LogP contribution in [-0.4, -0.2) is 31.3 Å². The molecule has 0 bridgehead atoms. The molecule has 8 heteroatoms. The van der Waals surface area contributed by atoms with E-state index in [-0.39, 0.29) is 10.8 Å². The summed E-state index contributed by atoms with van der Waals surface area (Å²) in [7, 11) is -2.87. The van der Waals surface area contributed by atoms with Crippen molar-refractivity contribution in [2.24, 2.45) is 0 Å². The lowest BCUT2D eigenvalue weighted by atomic mass is 9.92. The van der Waals surface area contributed by atoms with E-state index in [0.29, 0.717) is 6.54 Å². The first-order chi connectivity index (χ1) is 16.5. The molecule has 2 heterocycles. The molecule has 3 aromatic rings. The number of ether oxygens (including phenoxy) is 1. The number of benzene rings is 2. The number of amides is 1. The Morgan fingerprint density at radius 3 is 2.40 bits per heavy atom. The topological polar surface area (TPSA) is 88.6 Å². The van der Waals surface area contributed by atoms with Gasteiger partial charge in [-0.15, -0.1) is 0 Å². The Balaban J connectivity index is 1.77. The summed E-state index contributed by atoms with van der Waals surface area (Å²) in [5.41, 5.74) is 5.88. The molecule has 7 nitrogen and oxygen atoms in total. The number of hydrogen-bond donors (Lipinski definition) is 1. The third kappa shape index (κ3) is 4.44. The summed E-state index contributed by atoms with van der Waals surface area (Å²) >= 11 is 0. The molecule has 1 aliphatic heterocycles. The Labute approximate surface area is 207 Å². The molecule has 4 rings (SSSR count). The van der Waals surface area contributed by atoms with Crippen LogP contribution in [0.15, 0.2) is 59.6 Å². The van der Waals surface area contributed by atoms with E-state index in [1.807, 2.05) is 24.3 Å². The van der Waals surface area contributed by atoms with Gasteiger partial charge in [0.15, 0.2) is 0 Å². The van der Waals surface area contributed by atoms with E-state index in [1.54, 1.807) is 0 Å². The van der Waals surface area contributed by atoms with Crippen LogP contribution in [0.3, 0.4) is 0 Å². The van der Waals surface area contributed by atoms with Gasteiger partial charge >= 0.3 is 0 Å². The van der Waals surface area contributed by atoms with Crippen LogP contribution in [-0.2, 0) is 26.9 Å². The quantitative estimate of drug-likeness (QED) is 0.550. The summed E-state index contributed by atoms with van der Waals surface area (Å²) < 4.78 is 33.8. The Bertz CT molecular complexity index is 1380. The van der Waals surface area contributed by atoms with E-state index >= 15 is 0 Å². The van der Waals surface area contributed by atoms with Crippen molar-refractivity contribution in [3.05, 3.63) is 88.1 Å².